The molecule has 2 N–H and O–H groups in total. The Morgan fingerprint density at radius 1 is 1.24 bits per heavy atom. The van der Waals surface area contributed by atoms with Crippen LogP contribution in [0.3, 0.4) is 0 Å². The fourth-order valence-electron chi connectivity index (χ4n) is 2.86. The van der Waals surface area contributed by atoms with Gasteiger partial charge in [0, 0.05) is 21.4 Å². The summed E-state index contributed by atoms with van der Waals surface area (Å²) in [6, 6.07) is 13.2. The van der Waals surface area contributed by atoms with Crippen molar-refractivity contribution in [2.75, 3.05) is 0 Å². The van der Waals surface area contributed by atoms with Crippen LogP contribution in [0.2, 0.25) is 0 Å². The smallest absolute Gasteiger partial charge is 0.332 e. The number of aromatic nitrogens is 1. The number of hydrogen-bond donors (Lipinski definition) is 2. The summed E-state index contributed by atoms with van der Waals surface area (Å²) >= 11 is 2.20. The largest absolute Gasteiger partial charge is 0.494 e. The zero-order chi connectivity index (χ0) is 17.6. The topological polar surface area (TPSA) is 87.0 Å². The predicted octanol–water partition coefficient (Wildman–Crippen LogP) is 3.88. The fraction of sp³-hybridized carbons (Fsp3) is 0.0556. The second-order valence-electron chi connectivity index (χ2n) is 5.51. The summed E-state index contributed by atoms with van der Waals surface area (Å²) in [5.74, 6) is -0.518. The lowest BCUT2D eigenvalue weighted by Gasteiger charge is -2.03. The van der Waals surface area contributed by atoms with Gasteiger partial charge in [0.25, 0.3) is 0 Å². The number of nitrogens with one attached hydrogen (secondary N) is 1. The summed E-state index contributed by atoms with van der Waals surface area (Å²) < 4.78 is 0.978. The number of para-hydroxylation sites is 2. The summed E-state index contributed by atoms with van der Waals surface area (Å²) in [6.45, 7) is 1.28. The number of nitrogens with zero attached hydrogens (tertiary/aromatic N) is 2. The van der Waals surface area contributed by atoms with Crippen LogP contribution in [0.5, 0.6) is 5.88 Å². The quantitative estimate of drug-likeness (QED) is 0.357. The van der Waals surface area contributed by atoms with E-state index in [-0.39, 0.29) is 5.88 Å². The molecule has 1 aliphatic rings. The SMILES string of the molecule is CC(=O)O/N=C1/C(c2c(O)[nH]c3c(I)cccc23)=Nc2ccccc21. The maximum absolute atomic E-state index is 11.2. The van der Waals surface area contributed by atoms with E-state index in [1.165, 1.54) is 6.92 Å². The van der Waals surface area contributed by atoms with Gasteiger partial charge in [-0.15, -0.1) is 0 Å². The molecule has 0 radical (unpaired) electrons. The first kappa shape index (κ1) is 15.8. The number of aromatic amines is 1. The van der Waals surface area contributed by atoms with E-state index in [4.69, 9.17) is 4.84 Å². The number of aliphatic imine (C=N–C) groups is 1. The Morgan fingerprint density at radius 3 is 2.84 bits per heavy atom. The second-order valence-corrected chi connectivity index (χ2v) is 6.67. The first-order valence-electron chi connectivity index (χ1n) is 7.50. The van der Waals surface area contributed by atoms with Crippen molar-refractivity contribution in [2.24, 2.45) is 10.1 Å². The van der Waals surface area contributed by atoms with Gasteiger partial charge in [-0.2, -0.15) is 0 Å². The van der Waals surface area contributed by atoms with Crippen LogP contribution in [-0.4, -0.2) is 27.5 Å². The lowest BCUT2D eigenvalue weighted by Crippen LogP contribution is -2.14. The third-order valence-corrected chi connectivity index (χ3v) is 4.78. The maximum Gasteiger partial charge on any atom is 0.332 e. The van der Waals surface area contributed by atoms with Crippen molar-refractivity contribution in [3.63, 3.8) is 0 Å². The minimum absolute atomic E-state index is 0.00111. The van der Waals surface area contributed by atoms with Gasteiger partial charge in [0.2, 0.25) is 0 Å². The van der Waals surface area contributed by atoms with E-state index in [1.807, 2.05) is 42.5 Å². The molecule has 124 valence electrons. The second kappa shape index (κ2) is 5.99. The molecule has 0 atom stereocenters. The van der Waals surface area contributed by atoms with Gasteiger partial charge < -0.3 is 14.9 Å². The van der Waals surface area contributed by atoms with Crippen molar-refractivity contribution in [1.82, 2.24) is 4.98 Å². The molecular formula is C18H12IN3O3. The third kappa shape index (κ3) is 2.60. The number of halogens is 1. The van der Waals surface area contributed by atoms with Crippen molar-refractivity contribution in [3.05, 3.63) is 57.2 Å². The zero-order valence-corrected chi connectivity index (χ0v) is 15.2. The lowest BCUT2D eigenvalue weighted by molar-refractivity contribution is -0.140. The fourth-order valence-corrected chi connectivity index (χ4v) is 3.49. The Kier molecular flexibility index (Phi) is 3.79. The summed E-state index contributed by atoms with van der Waals surface area (Å²) in [7, 11) is 0. The van der Waals surface area contributed by atoms with E-state index in [0.717, 1.165) is 20.0 Å². The molecule has 0 aliphatic carbocycles. The molecule has 0 spiro atoms. The highest BCUT2D eigenvalue weighted by Gasteiger charge is 2.29. The van der Waals surface area contributed by atoms with E-state index in [2.05, 4.69) is 37.7 Å². The Hall–Kier alpha value is -2.68. The van der Waals surface area contributed by atoms with Crippen LogP contribution in [0, 0.1) is 3.57 Å². The van der Waals surface area contributed by atoms with Gasteiger partial charge in [0.15, 0.2) is 5.88 Å². The van der Waals surface area contributed by atoms with E-state index in [9.17, 15) is 9.90 Å². The van der Waals surface area contributed by atoms with E-state index in [0.29, 0.717) is 22.7 Å². The van der Waals surface area contributed by atoms with Crippen LogP contribution >= 0.6 is 22.6 Å². The summed E-state index contributed by atoms with van der Waals surface area (Å²) in [4.78, 5) is 23.7. The number of H-pyrrole nitrogens is 1. The number of benzene rings is 2. The van der Waals surface area contributed by atoms with Crippen LogP contribution in [0.25, 0.3) is 10.9 Å². The number of carbonyl (C=O) groups is 1. The van der Waals surface area contributed by atoms with Crippen molar-refractivity contribution >= 4 is 56.6 Å². The van der Waals surface area contributed by atoms with Crippen molar-refractivity contribution < 1.29 is 14.7 Å². The van der Waals surface area contributed by atoms with Crippen LogP contribution in [-0.2, 0) is 9.63 Å². The molecule has 0 amide bonds. The molecule has 0 bridgehead atoms. The summed E-state index contributed by atoms with van der Waals surface area (Å²) in [6.07, 6.45) is 0. The third-order valence-electron chi connectivity index (χ3n) is 3.88. The molecule has 25 heavy (non-hydrogen) atoms. The van der Waals surface area contributed by atoms with E-state index < -0.39 is 5.97 Å². The zero-order valence-electron chi connectivity index (χ0n) is 13.1. The number of carbonyl (C=O) groups excluding carboxylic acids is 1. The number of rotatable bonds is 2. The lowest BCUT2D eigenvalue weighted by atomic mass is 10.0. The van der Waals surface area contributed by atoms with Crippen LogP contribution < -0.4 is 0 Å². The molecule has 1 aliphatic heterocycles. The van der Waals surface area contributed by atoms with Crippen molar-refractivity contribution in [1.29, 1.82) is 0 Å². The van der Waals surface area contributed by atoms with Gasteiger partial charge in [0.05, 0.1) is 16.8 Å². The van der Waals surface area contributed by atoms with Gasteiger partial charge in [-0.1, -0.05) is 35.5 Å². The molecule has 0 saturated carbocycles. The average Bonchev–Trinajstić information content (AvgIpc) is 3.10. The van der Waals surface area contributed by atoms with Crippen LogP contribution in [0.4, 0.5) is 5.69 Å². The molecule has 0 fully saturated rings. The summed E-state index contributed by atoms with van der Waals surface area (Å²) in [5, 5.41) is 15.3. The Bertz CT molecular complexity index is 1080. The van der Waals surface area contributed by atoms with E-state index in [1.54, 1.807) is 0 Å². The van der Waals surface area contributed by atoms with Gasteiger partial charge in [-0.25, -0.2) is 9.79 Å². The molecule has 0 saturated heterocycles. The molecule has 1 aromatic heterocycles. The van der Waals surface area contributed by atoms with Gasteiger partial charge in [0.1, 0.15) is 11.4 Å². The van der Waals surface area contributed by atoms with Crippen molar-refractivity contribution in [2.45, 2.75) is 6.92 Å². The predicted molar refractivity (Wildman–Crippen MR) is 104 cm³/mol. The normalized spacial score (nSPS) is 14.6. The molecular weight excluding hydrogens is 433 g/mol. The number of fused-ring (bicyclic) bond motifs is 2. The average molecular weight is 445 g/mol. The van der Waals surface area contributed by atoms with Gasteiger partial charge in [-0.3, -0.25) is 0 Å². The number of aromatic hydroxyl groups is 1. The Labute approximate surface area is 156 Å². The minimum Gasteiger partial charge on any atom is -0.494 e. The first-order chi connectivity index (χ1) is 12.1. The highest BCUT2D eigenvalue weighted by molar-refractivity contribution is 14.1. The molecule has 6 nitrogen and oxygen atoms in total. The highest BCUT2D eigenvalue weighted by atomic mass is 127. The first-order valence-corrected chi connectivity index (χ1v) is 8.57. The van der Waals surface area contributed by atoms with Crippen LogP contribution in [0.1, 0.15) is 18.1 Å². The summed E-state index contributed by atoms with van der Waals surface area (Å²) in [5.41, 5.74) is 3.70. The van der Waals surface area contributed by atoms with Crippen LogP contribution in [0.15, 0.2) is 52.6 Å². The molecule has 2 aromatic carbocycles. The molecule has 2 heterocycles. The molecule has 0 unspecified atom stereocenters. The monoisotopic (exact) mass is 445 g/mol. The number of hydrogen-bond acceptors (Lipinski definition) is 5. The van der Waals surface area contributed by atoms with Gasteiger partial charge >= 0.3 is 5.97 Å². The Balaban J connectivity index is 1.96. The van der Waals surface area contributed by atoms with E-state index >= 15 is 0 Å². The van der Waals surface area contributed by atoms with Crippen molar-refractivity contribution in [3.8, 4) is 5.88 Å². The molecule has 7 heteroatoms. The molecule has 3 aromatic rings. The minimum atomic E-state index is -0.520. The highest BCUT2D eigenvalue weighted by Crippen LogP contribution is 2.36. The Morgan fingerprint density at radius 2 is 2.04 bits per heavy atom. The molecule has 4 rings (SSSR count). The number of oxime groups is 1. The standard InChI is InChI=1S/C18H12IN3O3/c1-9(23)25-22-16-10-5-2-3-8-13(10)20-17(16)14-11-6-4-7-12(19)15(11)21-18(14)24/h2-8,21,24H,1H3/b22-16+. The maximum atomic E-state index is 11.2. The van der Waals surface area contributed by atoms with Gasteiger partial charge in [-0.05, 0) is 34.7 Å².